The van der Waals surface area contributed by atoms with Gasteiger partial charge in [-0.3, -0.25) is 4.68 Å². The Labute approximate surface area is 119 Å². The lowest BCUT2D eigenvalue weighted by Crippen LogP contribution is -2.52. The van der Waals surface area contributed by atoms with E-state index in [2.05, 4.69) is 5.10 Å². The van der Waals surface area contributed by atoms with Crippen molar-refractivity contribution in [1.29, 1.82) is 0 Å². The second-order valence-corrected chi connectivity index (χ2v) is 6.34. The van der Waals surface area contributed by atoms with Crippen molar-refractivity contribution in [3.63, 3.8) is 0 Å². The smallest absolute Gasteiger partial charge is 0.410 e. The number of likely N-dealkylation sites (tertiary alicyclic amines) is 1. The Bertz CT molecular complexity index is 510. The lowest BCUT2D eigenvalue weighted by atomic mass is 10.1. The third-order valence-corrected chi connectivity index (χ3v) is 3.54. The van der Waals surface area contributed by atoms with Crippen LogP contribution in [0.4, 0.5) is 4.79 Å². The van der Waals surface area contributed by atoms with Crippen LogP contribution >= 0.6 is 0 Å². The summed E-state index contributed by atoms with van der Waals surface area (Å²) in [6.07, 6.45) is -0.255. The van der Waals surface area contributed by atoms with Gasteiger partial charge in [-0.25, -0.2) is 4.79 Å². The van der Waals surface area contributed by atoms with Crippen LogP contribution in [0.15, 0.2) is 0 Å². The zero-order valence-corrected chi connectivity index (χ0v) is 12.9. The van der Waals surface area contributed by atoms with E-state index in [0.29, 0.717) is 19.6 Å². The molecule has 0 unspecified atom stereocenters. The van der Waals surface area contributed by atoms with Crippen LogP contribution in [0.2, 0.25) is 0 Å². The van der Waals surface area contributed by atoms with Crippen molar-refractivity contribution in [2.24, 2.45) is 5.73 Å². The molecule has 0 aromatic carbocycles. The standard InChI is InChI=1S/C14H24N4O2/c1-9-12(6-15)10(2)18(16-9)11-7-17(8-11)13(19)20-14(3,4)5/h11H,6-8,15H2,1-5H3. The molecule has 1 aromatic heterocycles. The molecule has 0 saturated carbocycles. The van der Waals surface area contributed by atoms with E-state index in [9.17, 15) is 4.79 Å². The molecule has 2 rings (SSSR count). The van der Waals surface area contributed by atoms with Crippen molar-refractivity contribution in [1.82, 2.24) is 14.7 Å². The predicted octanol–water partition coefficient (Wildman–Crippen LogP) is 1.75. The lowest BCUT2D eigenvalue weighted by Gasteiger charge is -2.40. The highest BCUT2D eigenvalue weighted by Gasteiger charge is 2.36. The minimum Gasteiger partial charge on any atom is -0.444 e. The predicted molar refractivity (Wildman–Crippen MR) is 76.4 cm³/mol. The van der Waals surface area contributed by atoms with E-state index >= 15 is 0 Å². The molecule has 0 aliphatic carbocycles. The first-order chi connectivity index (χ1) is 9.23. The molecule has 1 aliphatic rings. The van der Waals surface area contributed by atoms with Gasteiger partial charge in [0.2, 0.25) is 0 Å². The SMILES string of the molecule is Cc1nn(C2CN(C(=O)OC(C)(C)C)C2)c(C)c1CN. The minimum absolute atomic E-state index is 0.224. The fourth-order valence-electron chi connectivity index (χ4n) is 2.43. The highest BCUT2D eigenvalue weighted by molar-refractivity contribution is 5.69. The van der Waals surface area contributed by atoms with Crippen LogP contribution in [-0.2, 0) is 11.3 Å². The van der Waals surface area contributed by atoms with Gasteiger partial charge in [-0.05, 0) is 34.6 Å². The van der Waals surface area contributed by atoms with E-state index in [-0.39, 0.29) is 12.1 Å². The van der Waals surface area contributed by atoms with E-state index in [0.717, 1.165) is 17.0 Å². The van der Waals surface area contributed by atoms with Crippen molar-refractivity contribution in [3.05, 3.63) is 17.0 Å². The van der Waals surface area contributed by atoms with Crippen LogP contribution in [0.25, 0.3) is 0 Å². The summed E-state index contributed by atoms with van der Waals surface area (Å²) in [4.78, 5) is 13.6. The van der Waals surface area contributed by atoms with Gasteiger partial charge in [-0.15, -0.1) is 0 Å². The van der Waals surface area contributed by atoms with E-state index in [1.165, 1.54) is 0 Å². The zero-order valence-electron chi connectivity index (χ0n) is 12.9. The molecule has 2 heterocycles. The van der Waals surface area contributed by atoms with E-state index in [4.69, 9.17) is 10.5 Å². The molecular weight excluding hydrogens is 256 g/mol. The van der Waals surface area contributed by atoms with Crippen molar-refractivity contribution >= 4 is 6.09 Å². The van der Waals surface area contributed by atoms with Gasteiger partial charge in [0.1, 0.15) is 5.60 Å². The number of carbonyl (C=O) groups is 1. The summed E-state index contributed by atoms with van der Waals surface area (Å²) < 4.78 is 7.33. The molecule has 1 amide bonds. The van der Waals surface area contributed by atoms with E-state index < -0.39 is 5.60 Å². The van der Waals surface area contributed by atoms with Gasteiger partial charge < -0.3 is 15.4 Å². The number of aromatic nitrogens is 2. The largest absolute Gasteiger partial charge is 0.444 e. The number of carbonyl (C=O) groups excluding carboxylic acids is 1. The number of hydrogen-bond donors (Lipinski definition) is 1. The Morgan fingerprint density at radius 3 is 2.45 bits per heavy atom. The average molecular weight is 280 g/mol. The molecule has 0 bridgehead atoms. The fourth-order valence-corrected chi connectivity index (χ4v) is 2.43. The van der Waals surface area contributed by atoms with Crippen LogP contribution < -0.4 is 5.73 Å². The normalized spacial score (nSPS) is 16.2. The Morgan fingerprint density at radius 1 is 1.40 bits per heavy atom. The van der Waals surface area contributed by atoms with E-state index in [1.54, 1.807) is 4.90 Å². The second kappa shape index (κ2) is 5.09. The molecule has 6 heteroatoms. The summed E-state index contributed by atoms with van der Waals surface area (Å²) >= 11 is 0. The number of rotatable bonds is 2. The van der Waals surface area contributed by atoms with Crippen LogP contribution in [0.1, 0.15) is 43.8 Å². The van der Waals surface area contributed by atoms with Gasteiger partial charge in [-0.2, -0.15) is 5.10 Å². The Hall–Kier alpha value is -1.56. The molecule has 1 saturated heterocycles. The van der Waals surface area contributed by atoms with Crippen molar-refractivity contribution in [2.75, 3.05) is 13.1 Å². The average Bonchev–Trinajstić information content (AvgIpc) is 2.49. The van der Waals surface area contributed by atoms with Gasteiger partial charge in [0.25, 0.3) is 0 Å². The van der Waals surface area contributed by atoms with Crippen molar-refractivity contribution in [3.8, 4) is 0 Å². The molecule has 1 aliphatic heterocycles. The van der Waals surface area contributed by atoms with Gasteiger partial charge >= 0.3 is 6.09 Å². The maximum atomic E-state index is 11.9. The third kappa shape index (κ3) is 2.80. The Morgan fingerprint density at radius 2 is 2.00 bits per heavy atom. The number of ether oxygens (including phenoxy) is 1. The quantitative estimate of drug-likeness (QED) is 0.895. The summed E-state index contributed by atoms with van der Waals surface area (Å²) in [5, 5.41) is 4.53. The summed E-state index contributed by atoms with van der Waals surface area (Å²) in [6.45, 7) is 11.4. The molecule has 2 N–H and O–H groups in total. The number of nitrogens with two attached hydrogens (primary N) is 1. The Kier molecular flexibility index (Phi) is 3.77. The number of hydrogen-bond acceptors (Lipinski definition) is 4. The Balaban J connectivity index is 1.99. The van der Waals surface area contributed by atoms with Gasteiger partial charge in [0, 0.05) is 30.9 Å². The number of nitrogens with zero attached hydrogens (tertiary/aromatic N) is 3. The first-order valence-electron chi connectivity index (χ1n) is 6.95. The summed E-state index contributed by atoms with van der Waals surface area (Å²) in [6, 6.07) is 0.224. The zero-order chi connectivity index (χ0) is 15.1. The first kappa shape index (κ1) is 14.8. The number of amides is 1. The maximum absolute atomic E-state index is 11.9. The topological polar surface area (TPSA) is 73.4 Å². The molecule has 20 heavy (non-hydrogen) atoms. The summed E-state index contributed by atoms with van der Waals surface area (Å²) in [5.74, 6) is 0. The van der Waals surface area contributed by atoms with E-state index in [1.807, 2.05) is 39.3 Å². The molecular formula is C14H24N4O2. The third-order valence-electron chi connectivity index (χ3n) is 3.54. The maximum Gasteiger partial charge on any atom is 0.410 e. The highest BCUT2D eigenvalue weighted by atomic mass is 16.6. The highest BCUT2D eigenvalue weighted by Crippen LogP contribution is 2.26. The van der Waals surface area contributed by atoms with Crippen LogP contribution in [0.5, 0.6) is 0 Å². The molecule has 1 fully saturated rings. The van der Waals surface area contributed by atoms with Gasteiger partial charge in [0.05, 0.1) is 11.7 Å². The monoisotopic (exact) mass is 280 g/mol. The summed E-state index contributed by atoms with van der Waals surface area (Å²) in [5.41, 5.74) is 8.45. The van der Waals surface area contributed by atoms with Crippen molar-refractivity contribution < 1.29 is 9.53 Å². The van der Waals surface area contributed by atoms with Crippen molar-refractivity contribution in [2.45, 2.75) is 52.8 Å². The number of aryl methyl sites for hydroxylation is 1. The molecule has 0 radical (unpaired) electrons. The van der Waals surface area contributed by atoms with Crippen LogP contribution in [0.3, 0.4) is 0 Å². The molecule has 0 atom stereocenters. The molecule has 112 valence electrons. The summed E-state index contributed by atoms with van der Waals surface area (Å²) in [7, 11) is 0. The van der Waals surface area contributed by atoms with Crippen LogP contribution in [0, 0.1) is 13.8 Å². The van der Waals surface area contributed by atoms with Gasteiger partial charge in [0.15, 0.2) is 0 Å². The fraction of sp³-hybridized carbons (Fsp3) is 0.714. The van der Waals surface area contributed by atoms with Crippen LogP contribution in [-0.4, -0.2) is 39.5 Å². The minimum atomic E-state index is -0.451. The molecule has 0 spiro atoms. The molecule has 1 aromatic rings. The first-order valence-corrected chi connectivity index (χ1v) is 6.95. The second-order valence-electron chi connectivity index (χ2n) is 6.34. The van der Waals surface area contributed by atoms with Gasteiger partial charge in [-0.1, -0.05) is 0 Å². The lowest BCUT2D eigenvalue weighted by molar-refractivity contribution is -0.000690. The molecule has 6 nitrogen and oxygen atoms in total.